The second kappa shape index (κ2) is 7.10. The van der Waals surface area contributed by atoms with Crippen molar-refractivity contribution in [2.24, 2.45) is 0 Å². The van der Waals surface area contributed by atoms with E-state index in [-0.39, 0.29) is 0 Å². The van der Waals surface area contributed by atoms with Crippen LogP contribution in [0.5, 0.6) is 0 Å². The molecule has 0 aliphatic heterocycles. The Morgan fingerprint density at radius 3 is 2.50 bits per heavy atom. The van der Waals surface area contributed by atoms with Crippen LogP contribution in [0.4, 0.5) is 5.82 Å². The number of hydrogen-bond donors (Lipinski definition) is 1. The minimum Gasteiger partial charge on any atom is -0.367 e. The molecule has 3 aromatic rings. The number of nitrogens with one attached hydrogen (secondary N) is 1. The Balaban J connectivity index is 1.86. The average Bonchev–Trinajstić information content (AvgIpc) is 2.99. The third-order valence-corrected chi connectivity index (χ3v) is 5.39. The second-order valence-electron chi connectivity index (χ2n) is 7.76. The van der Waals surface area contributed by atoms with E-state index in [2.05, 4.69) is 56.4 Å². The van der Waals surface area contributed by atoms with Crippen LogP contribution < -0.4 is 5.32 Å². The summed E-state index contributed by atoms with van der Waals surface area (Å²) in [5.74, 6) is 1.46. The van der Waals surface area contributed by atoms with Crippen molar-refractivity contribution >= 4 is 11.5 Å². The van der Waals surface area contributed by atoms with Gasteiger partial charge in [-0.2, -0.15) is 9.61 Å². The molecular formula is C22H28N4. The lowest BCUT2D eigenvalue weighted by Crippen LogP contribution is -2.24. The molecule has 1 aliphatic rings. The summed E-state index contributed by atoms with van der Waals surface area (Å²) in [5.41, 5.74) is 5.42. The minimum atomic E-state index is 0.380. The van der Waals surface area contributed by atoms with Crippen LogP contribution in [0.25, 0.3) is 16.8 Å². The van der Waals surface area contributed by atoms with Gasteiger partial charge in [0.15, 0.2) is 5.65 Å². The molecule has 0 atom stereocenters. The Morgan fingerprint density at radius 1 is 1.08 bits per heavy atom. The molecule has 2 heterocycles. The first-order chi connectivity index (χ1) is 12.6. The first-order valence-electron chi connectivity index (χ1n) is 9.85. The summed E-state index contributed by atoms with van der Waals surface area (Å²) in [6.45, 7) is 6.49. The lowest BCUT2D eigenvalue weighted by Gasteiger charge is -2.24. The highest BCUT2D eigenvalue weighted by Crippen LogP contribution is 2.31. The lowest BCUT2D eigenvalue weighted by atomic mass is 9.95. The zero-order valence-electron chi connectivity index (χ0n) is 16.0. The molecule has 4 heteroatoms. The van der Waals surface area contributed by atoms with Crippen molar-refractivity contribution in [2.45, 2.75) is 64.8 Å². The summed E-state index contributed by atoms with van der Waals surface area (Å²) in [4.78, 5) is 4.99. The highest BCUT2D eigenvalue weighted by Gasteiger charge is 2.20. The standard InChI is InChI=1S/C22H28N4/c1-15(2)19-14-20(23-18-12-8-5-9-13-18)26-22(24-19)21(16(3)25-26)17-10-6-4-7-11-17/h4,6-7,10-11,14-15,18,23H,5,8-9,12-13H2,1-3H3. The normalized spacial score (nSPS) is 15.7. The summed E-state index contributed by atoms with van der Waals surface area (Å²) < 4.78 is 2.01. The quantitative estimate of drug-likeness (QED) is 0.670. The second-order valence-corrected chi connectivity index (χ2v) is 7.76. The Bertz CT molecular complexity index is 889. The number of aryl methyl sites for hydroxylation is 1. The Morgan fingerprint density at radius 2 is 1.81 bits per heavy atom. The van der Waals surface area contributed by atoms with Crippen LogP contribution in [-0.4, -0.2) is 20.6 Å². The minimum absolute atomic E-state index is 0.380. The molecule has 0 radical (unpaired) electrons. The van der Waals surface area contributed by atoms with E-state index in [9.17, 15) is 0 Å². The van der Waals surface area contributed by atoms with Gasteiger partial charge in [-0.3, -0.25) is 0 Å². The third kappa shape index (κ3) is 3.20. The summed E-state index contributed by atoms with van der Waals surface area (Å²) >= 11 is 0. The van der Waals surface area contributed by atoms with Gasteiger partial charge < -0.3 is 5.32 Å². The van der Waals surface area contributed by atoms with Crippen LogP contribution in [-0.2, 0) is 0 Å². The number of aromatic nitrogens is 3. The summed E-state index contributed by atoms with van der Waals surface area (Å²) in [5, 5.41) is 8.62. The number of rotatable bonds is 4. The molecule has 0 saturated heterocycles. The maximum absolute atomic E-state index is 4.99. The molecule has 0 unspecified atom stereocenters. The van der Waals surface area contributed by atoms with E-state index in [1.54, 1.807) is 0 Å². The average molecular weight is 348 g/mol. The van der Waals surface area contributed by atoms with Crippen LogP contribution in [0, 0.1) is 6.92 Å². The van der Waals surface area contributed by atoms with E-state index in [1.165, 1.54) is 37.7 Å². The molecule has 1 saturated carbocycles. The molecular weight excluding hydrogens is 320 g/mol. The van der Waals surface area contributed by atoms with Gasteiger partial charge >= 0.3 is 0 Å². The maximum Gasteiger partial charge on any atom is 0.165 e. The molecule has 1 aliphatic carbocycles. The largest absolute Gasteiger partial charge is 0.367 e. The number of anilines is 1. The van der Waals surface area contributed by atoms with E-state index >= 15 is 0 Å². The van der Waals surface area contributed by atoms with Gasteiger partial charge in [0.25, 0.3) is 0 Å². The van der Waals surface area contributed by atoms with Crippen molar-refractivity contribution < 1.29 is 0 Å². The van der Waals surface area contributed by atoms with Crippen LogP contribution in [0.3, 0.4) is 0 Å². The van der Waals surface area contributed by atoms with Crippen LogP contribution in [0.15, 0.2) is 36.4 Å². The number of hydrogen-bond acceptors (Lipinski definition) is 3. The zero-order chi connectivity index (χ0) is 18.1. The Kier molecular flexibility index (Phi) is 4.66. The summed E-state index contributed by atoms with van der Waals surface area (Å²) in [6, 6.07) is 13.2. The molecule has 1 fully saturated rings. The first kappa shape index (κ1) is 17.1. The molecule has 136 valence electrons. The van der Waals surface area contributed by atoms with Crippen molar-refractivity contribution in [3.63, 3.8) is 0 Å². The van der Waals surface area contributed by atoms with Gasteiger partial charge in [-0.1, -0.05) is 63.4 Å². The SMILES string of the molecule is Cc1nn2c(NC3CCCCC3)cc(C(C)C)nc2c1-c1ccccc1. The highest BCUT2D eigenvalue weighted by atomic mass is 15.3. The van der Waals surface area contributed by atoms with Gasteiger partial charge in [0.1, 0.15) is 5.82 Å². The number of nitrogens with zero attached hydrogens (tertiary/aromatic N) is 3. The van der Waals surface area contributed by atoms with Crippen molar-refractivity contribution in [2.75, 3.05) is 5.32 Å². The van der Waals surface area contributed by atoms with Gasteiger partial charge in [-0.25, -0.2) is 4.98 Å². The van der Waals surface area contributed by atoms with Gasteiger partial charge in [0.05, 0.1) is 5.69 Å². The Hall–Kier alpha value is -2.36. The third-order valence-electron chi connectivity index (χ3n) is 5.39. The molecule has 2 aromatic heterocycles. The first-order valence-corrected chi connectivity index (χ1v) is 9.85. The predicted molar refractivity (Wildman–Crippen MR) is 108 cm³/mol. The lowest BCUT2D eigenvalue weighted by molar-refractivity contribution is 0.461. The maximum atomic E-state index is 4.99. The molecule has 1 N–H and O–H groups in total. The van der Waals surface area contributed by atoms with E-state index < -0.39 is 0 Å². The summed E-state index contributed by atoms with van der Waals surface area (Å²) in [7, 11) is 0. The van der Waals surface area contributed by atoms with Crippen LogP contribution in [0.2, 0.25) is 0 Å². The fourth-order valence-electron chi connectivity index (χ4n) is 3.94. The van der Waals surface area contributed by atoms with Gasteiger partial charge in [-0.05, 0) is 31.2 Å². The zero-order valence-corrected chi connectivity index (χ0v) is 16.0. The topological polar surface area (TPSA) is 42.2 Å². The predicted octanol–water partition coefficient (Wildman–Crippen LogP) is 5.57. The molecule has 4 rings (SSSR count). The van der Waals surface area contributed by atoms with E-state index in [0.717, 1.165) is 28.4 Å². The molecule has 0 amide bonds. The fourth-order valence-corrected chi connectivity index (χ4v) is 3.94. The fraction of sp³-hybridized carbons (Fsp3) is 0.455. The molecule has 1 aromatic carbocycles. The van der Waals surface area contributed by atoms with Gasteiger partial charge in [0, 0.05) is 23.4 Å². The molecule has 0 spiro atoms. The number of benzene rings is 1. The van der Waals surface area contributed by atoms with Crippen LogP contribution in [0.1, 0.15) is 63.3 Å². The smallest absolute Gasteiger partial charge is 0.165 e. The van der Waals surface area contributed by atoms with Crippen LogP contribution >= 0.6 is 0 Å². The molecule has 4 nitrogen and oxygen atoms in total. The number of fused-ring (bicyclic) bond motifs is 1. The van der Waals surface area contributed by atoms with Gasteiger partial charge in [0.2, 0.25) is 0 Å². The van der Waals surface area contributed by atoms with E-state index in [0.29, 0.717) is 12.0 Å². The monoisotopic (exact) mass is 348 g/mol. The summed E-state index contributed by atoms with van der Waals surface area (Å²) in [6.07, 6.45) is 6.48. The van der Waals surface area contributed by atoms with Crippen molar-refractivity contribution in [3.05, 3.63) is 47.8 Å². The molecule has 0 bridgehead atoms. The van der Waals surface area contributed by atoms with Crippen molar-refractivity contribution in [1.82, 2.24) is 14.6 Å². The van der Waals surface area contributed by atoms with Crippen molar-refractivity contribution in [3.8, 4) is 11.1 Å². The highest BCUT2D eigenvalue weighted by molar-refractivity contribution is 5.81. The van der Waals surface area contributed by atoms with E-state index in [1.807, 2.05) is 10.6 Å². The molecule has 26 heavy (non-hydrogen) atoms. The Labute approximate surface area is 155 Å². The van der Waals surface area contributed by atoms with Gasteiger partial charge in [-0.15, -0.1) is 0 Å². The van der Waals surface area contributed by atoms with Crippen molar-refractivity contribution in [1.29, 1.82) is 0 Å². The van der Waals surface area contributed by atoms with E-state index in [4.69, 9.17) is 10.1 Å².